The van der Waals surface area contributed by atoms with Crippen LogP contribution in [0.5, 0.6) is 0 Å². The zero-order chi connectivity index (χ0) is 16.2. The van der Waals surface area contributed by atoms with Crippen molar-refractivity contribution in [2.24, 2.45) is 0 Å². The summed E-state index contributed by atoms with van der Waals surface area (Å²) >= 11 is 0. The minimum atomic E-state index is 0.106. The van der Waals surface area contributed by atoms with Gasteiger partial charge in [-0.2, -0.15) is 5.26 Å². The molecule has 1 atom stereocenters. The molecule has 1 amide bonds. The monoisotopic (exact) mass is 307 g/mol. The number of rotatable bonds is 3. The molecule has 0 saturated carbocycles. The van der Waals surface area contributed by atoms with E-state index in [9.17, 15) is 4.79 Å². The number of nitrogens with zero attached hydrogens (tertiary/aromatic N) is 3. The number of amides is 1. The summed E-state index contributed by atoms with van der Waals surface area (Å²) in [5, 5.41) is 10.9. The van der Waals surface area contributed by atoms with Crippen molar-refractivity contribution in [3.8, 4) is 6.07 Å². The van der Waals surface area contributed by atoms with Crippen LogP contribution in [0.1, 0.15) is 23.7 Å². The lowest BCUT2D eigenvalue weighted by molar-refractivity contribution is 0.0587. The average Bonchev–Trinajstić information content (AvgIpc) is 2.61. The van der Waals surface area contributed by atoms with Gasteiger partial charge >= 0.3 is 0 Å². The molecule has 4 nitrogen and oxygen atoms in total. The van der Waals surface area contributed by atoms with E-state index in [0.717, 1.165) is 42.5 Å². The molecule has 3 rings (SSSR count). The van der Waals surface area contributed by atoms with Crippen LogP contribution in [-0.2, 0) is 0 Å². The molecule has 1 saturated heterocycles. The first kappa shape index (κ1) is 15.5. The summed E-state index contributed by atoms with van der Waals surface area (Å²) < 4.78 is 0. The van der Waals surface area contributed by atoms with Crippen molar-refractivity contribution >= 4 is 16.7 Å². The van der Waals surface area contributed by atoms with E-state index in [0.29, 0.717) is 6.42 Å². The van der Waals surface area contributed by atoms with Crippen LogP contribution in [0, 0.1) is 11.3 Å². The van der Waals surface area contributed by atoms with E-state index in [1.54, 1.807) is 0 Å². The van der Waals surface area contributed by atoms with Crippen molar-refractivity contribution in [1.29, 1.82) is 5.26 Å². The Labute approximate surface area is 136 Å². The van der Waals surface area contributed by atoms with E-state index in [4.69, 9.17) is 5.26 Å². The third kappa shape index (κ3) is 3.20. The molecule has 0 unspecified atom stereocenters. The van der Waals surface area contributed by atoms with E-state index >= 15 is 0 Å². The molecule has 1 heterocycles. The Morgan fingerprint density at radius 1 is 1.13 bits per heavy atom. The number of carbonyl (C=O) groups excluding carboxylic acids is 1. The number of fused-ring (bicyclic) bond motifs is 1. The molecule has 0 spiro atoms. The molecular weight excluding hydrogens is 286 g/mol. The summed E-state index contributed by atoms with van der Waals surface area (Å²) in [4.78, 5) is 17.1. The first-order valence-electron chi connectivity index (χ1n) is 8.08. The molecule has 118 valence electrons. The first-order chi connectivity index (χ1) is 11.2. The summed E-state index contributed by atoms with van der Waals surface area (Å²) in [6, 6.07) is 16.4. The van der Waals surface area contributed by atoms with E-state index in [1.807, 2.05) is 47.4 Å². The van der Waals surface area contributed by atoms with Crippen molar-refractivity contribution in [2.45, 2.75) is 19.4 Å². The van der Waals surface area contributed by atoms with Crippen molar-refractivity contribution in [3.05, 3.63) is 48.0 Å². The Hall–Kier alpha value is -2.38. The van der Waals surface area contributed by atoms with Crippen LogP contribution in [0.2, 0.25) is 0 Å². The number of benzene rings is 2. The van der Waals surface area contributed by atoms with Gasteiger partial charge in [0.1, 0.15) is 0 Å². The van der Waals surface area contributed by atoms with Crippen LogP contribution in [0.3, 0.4) is 0 Å². The maximum absolute atomic E-state index is 12.9. The van der Waals surface area contributed by atoms with Crippen molar-refractivity contribution in [3.63, 3.8) is 0 Å². The fourth-order valence-corrected chi connectivity index (χ4v) is 3.21. The van der Waals surface area contributed by atoms with Crippen molar-refractivity contribution in [2.75, 3.05) is 26.2 Å². The van der Waals surface area contributed by atoms with Gasteiger partial charge in [0.15, 0.2) is 0 Å². The second-order valence-electron chi connectivity index (χ2n) is 6.07. The number of hydrogen-bond acceptors (Lipinski definition) is 3. The third-order valence-corrected chi connectivity index (χ3v) is 4.63. The van der Waals surface area contributed by atoms with Gasteiger partial charge in [-0.1, -0.05) is 36.4 Å². The SMILES string of the molecule is C[C@H](CC#N)N1CCN(C(=O)c2cccc3ccccc23)CC1. The van der Waals surface area contributed by atoms with Crippen LogP contribution >= 0.6 is 0 Å². The number of nitriles is 1. The van der Waals surface area contributed by atoms with Crippen molar-refractivity contribution < 1.29 is 4.79 Å². The normalized spacial score (nSPS) is 17.0. The molecule has 1 aliphatic rings. The summed E-state index contributed by atoms with van der Waals surface area (Å²) in [7, 11) is 0. The minimum absolute atomic E-state index is 0.106. The Bertz CT molecular complexity index is 736. The maximum Gasteiger partial charge on any atom is 0.254 e. The van der Waals surface area contributed by atoms with Gasteiger partial charge in [-0.25, -0.2) is 0 Å². The predicted molar refractivity (Wildman–Crippen MR) is 91.1 cm³/mol. The zero-order valence-corrected chi connectivity index (χ0v) is 13.4. The van der Waals surface area contributed by atoms with E-state index in [-0.39, 0.29) is 11.9 Å². The van der Waals surface area contributed by atoms with Gasteiger partial charge in [0.2, 0.25) is 0 Å². The second kappa shape index (κ2) is 6.80. The van der Waals surface area contributed by atoms with E-state index in [1.165, 1.54) is 0 Å². The van der Waals surface area contributed by atoms with Crippen LogP contribution in [0.15, 0.2) is 42.5 Å². The Kier molecular flexibility index (Phi) is 4.59. The van der Waals surface area contributed by atoms with Gasteiger partial charge in [-0.05, 0) is 23.8 Å². The average molecular weight is 307 g/mol. The van der Waals surface area contributed by atoms with Gasteiger partial charge in [0, 0.05) is 37.8 Å². The lowest BCUT2D eigenvalue weighted by atomic mass is 10.0. The number of carbonyl (C=O) groups is 1. The molecule has 23 heavy (non-hydrogen) atoms. The van der Waals surface area contributed by atoms with Crippen LogP contribution in [0.25, 0.3) is 10.8 Å². The van der Waals surface area contributed by atoms with Gasteiger partial charge in [-0.3, -0.25) is 9.69 Å². The molecule has 1 fully saturated rings. The highest BCUT2D eigenvalue weighted by molar-refractivity contribution is 6.07. The number of piperazine rings is 1. The maximum atomic E-state index is 12.9. The minimum Gasteiger partial charge on any atom is -0.336 e. The summed E-state index contributed by atoms with van der Waals surface area (Å²) in [5.74, 6) is 0.106. The quantitative estimate of drug-likeness (QED) is 0.876. The third-order valence-electron chi connectivity index (χ3n) is 4.63. The molecule has 0 N–H and O–H groups in total. The first-order valence-corrected chi connectivity index (χ1v) is 8.08. The fourth-order valence-electron chi connectivity index (χ4n) is 3.21. The Morgan fingerprint density at radius 3 is 2.57 bits per heavy atom. The molecule has 2 aromatic carbocycles. The molecule has 0 aliphatic carbocycles. The molecule has 1 aliphatic heterocycles. The lowest BCUT2D eigenvalue weighted by Crippen LogP contribution is -2.51. The van der Waals surface area contributed by atoms with E-state index < -0.39 is 0 Å². The van der Waals surface area contributed by atoms with Crippen LogP contribution in [0.4, 0.5) is 0 Å². The summed E-state index contributed by atoms with van der Waals surface area (Å²) in [6.45, 7) is 5.18. The fraction of sp³-hybridized carbons (Fsp3) is 0.368. The predicted octanol–water partition coefficient (Wildman–Crippen LogP) is 2.90. The molecule has 2 aromatic rings. The largest absolute Gasteiger partial charge is 0.336 e. The Morgan fingerprint density at radius 2 is 1.83 bits per heavy atom. The van der Waals surface area contributed by atoms with E-state index in [2.05, 4.69) is 17.9 Å². The Balaban J connectivity index is 1.73. The lowest BCUT2D eigenvalue weighted by Gasteiger charge is -2.37. The standard InChI is InChI=1S/C19H21N3O/c1-15(9-10-20)21-11-13-22(14-12-21)19(23)18-8-4-6-16-5-2-3-7-17(16)18/h2-8,15H,9,11-14H2,1H3/t15-/m1/s1. The van der Waals surface area contributed by atoms with Crippen molar-refractivity contribution in [1.82, 2.24) is 9.80 Å². The molecule has 0 bridgehead atoms. The smallest absolute Gasteiger partial charge is 0.254 e. The molecular formula is C19H21N3O. The molecule has 0 radical (unpaired) electrons. The van der Waals surface area contributed by atoms with Gasteiger partial charge in [-0.15, -0.1) is 0 Å². The topological polar surface area (TPSA) is 47.3 Å². The zero-order valence-electron chi connectivity index (χ0n) is 13.4. The summed E-state index contributed by atoms with van der Waals surface area (Å²) in [6.07, 6.45) is 0.539. The van der Waals surface area contributed by atoms with Gasteiger partial charge < -0.3 is 4.90 Å². The summed E-state index contributed by atoms with van der Waals surface area (Å²) in [5.41, 5.74) is 0.779. The van der Waals surface area contributed by atoms with Crippen LogP contribution < -0.4 is 0 Å². The highest BCUT2D eigenvalue weighted by Crippen LogP contribution is 2.21. The highest BCUT2D eigenvalue weighted by atomic mass is 16.2. The van der Waals surface area contributed by atoms with Gasteiger partial charge in [0.25, 0.3) is 5.91 Å². The van der Waals surface area contributed by atoms with Crippen LogP contribution in [-0.4, -0.2) is 47.9 Å². The molecule has 0 aromatic heterocycles. The number of hydrogen-bond donors (Lipinski definition) is 0. The second-order valence-corrected chi connectivity index (χ2v) is 6.07. The van der Waals surface area contributed by atoms with Gasteiger partial charge in [0.05, 0.1) is 12.5 Å². The highest BCUT2D eigenvalue weighted by Gasteiger charge is 2.25. The molecule has 4 heteroatoms.